The van der Waals surface area contributed by atoms with Gasteiger partial charge in [0.25, 0.3) is 5.91 Å². The van der Waals surface area contributed by atoms with Crippen molar-refractivity contribution in [3.05, 3.63) is 53.7 Å². The Labute approximate surface area is 154 Å². The first-order valence-electron chi connectivity index (χ1n) is 8.60. The zero-order valence-corrected chi connectivity index (χ0v) is 16.0. The number of amides is 1. The van der Waals surface area contributed by atoms with Gasteiger partial charge in [-0.25, -0.2) is 0 Å². The Balaban J connectivity index is 2.17. The van der Waals surface area contributed by atoms with E-state index in [1.165, 1.54) is 0 Å². The largest absolute Gasteiger partial charge is 0.443 e. The van der Waals surface area contributed by atoms with Crippen LogP contribution in [0.5, 0.6) is 0 Å². The molecule has 0 aromatic carbocycles. The van der Waals surface area contributed by atoms with E-state index in [4.69, 9.17) is 4.42 Å². The van der Waals surface area contributed by atoms with E-state index >= 15 is 0 Å². The third-order valence-corrected chi connectivity index (χ3v) is 3.53. The van der Waals surface area contributed by atoms with Gasteiger partial charge >= 0.3 is 0 Å². The molecule has 5 nitrogen and oxygen atoms in total. The minimum atomic E-state index is -1.12. The zero-order valence-electron chi connectivity index (χ0n) is 16.0. The summed E-state index contributed by atoms with van der Waals surface area (Å²) in [4.78, 5) is 16.8. The van der Waals surface area contributed by atoms with Crippen molar-refractivity contribution >= 4 is 5.91 Å². The average molecular weight is 354 g/mol. The molecule has 2 aromatic heterocycles. The fraction of sp³-hybridized carbons (Fsp3) is 0.429. The van der Waals surface area contributed by atoms with Gasteiger partial charge in [-0.05, 0) is 55.4 Å². The van der Waals surface area contributed by atoms with Gasteiger partial charge in [0.2, 0.25) is 0 Å². The molecule has 1 atom stereocenters. The van der Waals surface area contributed by atoms with Crippen molar-refractivity contribution in [3.8, 4) is 11.8 Å². The lowest BCUT2D eigenvalue weighted by molar-refractivity contribution is 0.0897. The Hall–Kier alpha value is -2.58. The number of hydrogen-bond acceptors (Lipinski definition) is 4. The maximum atomic E-state index is 12.6. The molecule has 0 bridgehead atoms. The van der Waals surface area contributed by atoms with Gasteiger partial charge in [0.15, 0.2) is 11.5 Å². The Kier molecular flexibility index (Phi) is 5.89. The lowest BCUT2D eigenvalue weighted by atomic mass is 9.86. The Morgan fingerprint density at radius 3 is 2.58 bits per heavy atom. The van der Waals surface area contributed by atoms with E-state index in [2.05, 4.69) is 42.9 Å². The summed E-state index contributed by atoms with van der Waals surface area (Å²) in [6.45, 7) is 9.54. The number of pyridine rings is 1. The molecule has 0 aliphatic heterocycles. The van der Waals surface area contributed by atoms with E-state index in [0.717, 1.165) is 12.0 Å². The van der Waals surface area contributed by atoms with Gasteiger partial charge in [-0.3, -0.25) is 9.78 Å². The molecule has 0 saturated carbocycles. The van der Waals surface area contributed by atoms with Crippen molar-refractivity contribution in [2.45, 2.75) is 52.7 Å². The number of hydrogen-bond donors (Lipinski definition) is 2. The van der Waals surface area contributed by atoms with Gasteiger partial charge in [-0.1, -0.05) is 32.8 Å². The van der Waals surface area contributed by atoms with Crippen molar-refractivity contribution in [2.24, 2.45) is 5.41 Å². The summed E-state index contributed by atoms with van der Waals surface area (Å²) in [5.74, 6) is 5.61. The van der Waals surface area contributed by atoms with Crippen molar-refractivity contribution in [1.29, 1.82) is 0 Å². The molecule has 2 aromatic rings. The number of aromatic nitrogens is 1. The van der Waals surface area contributed by atoms with E-state index in [0.29, 0.717) is 5.76 Å². The molecule has 2 heterocycles. The molecule has 26 heavy (non-hydrogen) atoms. The highest BCUT2D eigenvalue weighted by molar-refractivity contribution is 5.91. The third kappa shape index (κ3) is 6.38. The van der Waals surface area contributed by atoms with Gasteiger partial charge in [0, 0.05) is 12.4 Å². The monoisotopic (exact) mass is 354 g/mol. The van der Waals surface area contributed by atoms with E-state index in [9.17, 15) is 9.90 Å². The molecule has 0 aliphatic carbocycles. The van der Waals surface area contributed by atoms with Crippen LogP contribution >= 0.6 is 0 Å². The molecule has 5 heteroatoms. The Morgan fingerprint density at radius 1 is 1.27 bits per heavy atom. The molecule has 0 fully saturated rings. The summed E-state index contributed by atoms with van der Waals surface area (Å²) in [6, 6.07) is 6.84. The molecule has 2 rings (SSSR count). The zero-order chi connectivity index (χ0) is 19.4. The number of aliphatic hydroxyl groups is 1. The molecule has 138 valence electrons. The van der Waals surface area contributed by atoms with Crippen molar-refractivity contribution in [1.82, 2.24) is 10.3 Å². The van der Waals surface area contributed by atoms with Crippen LogP contribution in [0.3, 0.4) is 0 Å². The number of carbonyl (C=O) groups excluding carboxylic acids is 1. The van der Waals surface area contributed by atoms with E-state index < -0.39 is 5.60 Å². The predicted molar refractivity (Wildman–Crippen MR) is 100 cm³/mol. The highest BCUT2D eigenvalue weighted by atomic mass is 16.3. The van der Waals surface area contributed by atoms with Gasteiger partial charge in [0.1, 0.15) is 5.60 Å². The molecule has 2 N–H and O–H groups in total. The van der Waals surface area contributed by atoms with Crippen LogP contribution < -0.4 is 5.32 Å². The lowest BCUT2D eigenvalue weighted by Crippen LogP contribution is -2.31. The number of nitrogens with one attached hydrogen (secondary N) is 1. The van der Waals surface area contributed by atoms with Gasteiger partial charge in [-0.15, -0.1) is 0 Å². The second kappa shape index (κ2) is 7.76. The summed E-state index contributed by atoms with van der Waals surface area (Å²) < 4.78 is 5.50. The summed E-state index contributed by atoms with van der Waals surface area (Å²) >= 11 is 0. The summed E-state index contributed by atoms with van der Waals surface area (Å²) in [5, 5.41) is 12.7. The second-order valence-electron chi connectivity index (χ2n) is 8.05. The van der Waals surface area contributed by atoms with Crippen LogP contribution in [0.15, 0.2) is 41.1 Å². The highest BCUT2D eigenvalue weighted by Crippen LogP contribution is 2.29. The molecule has 0 radical (unpaired) electrons. The van der Waals surface area contributed by atoms with Crippen LogP contribution in [0.1, 0.15) is 69.0 Å². The first-order valence-corrected chi connectivity index (χ1v) is 8.60. The number of nitrogens with zero attached hydrogens (tertiary/aromatic N) is 1. The van der Waals surface area contributed by atoms with E-state index in [-0.39, 0.29) is 23.1 Å². The van der Waals surface area contributed by atoms with E-state index in [1.54, 1.807) is 38.4 Å². The molecule has 0 saturated heterocycles. The standard InChI is InChI=1S/C21H26N2O3/c1-20(2,3)13-17(15-7-6-12-22-14-15)23-19(24)18-9-8-16(26-18)10-11-21(4,5)25/h6-9,12,14,17,25H,13H2,1-5H3,(H,23,24). The second-order valence-corrected chi connectivity index (χ2v) is 8.05. The first kappa shape index (κ1) is 19.7. The maximum Gasteiger partial charge on any atom is 0.287 e. The average Bonchev–Trinajstić information content (AvgIpc) is 3.00. The van der Waals surface area contributed by atoms with Crippen molar-refractivity contribution < 1.29 is 14.3 Å². The van der Waals surface area contributed by atoms with Crippen molar-refractivity contribution in [2.75, 3.05) is 0 Å². The fourth-order valence-electron chi connectivity index (χ4n) is 2.42. The molecule has 1 amide bonds. The quantitative estimate of drug-likeness (QED) is 0.821. The van der Waals surface area contributed by atoms with E-state index in [1.807, 2.05) is 12.1 Å². The van der Waals surface area contributed by atoms with Crippen LogP contribution in [0.25, 0.3) is 0 Å². The Bertz CT molecular complexity index is 800. The van der Waals surface area contributed by atoms with Crippen LogP contribution in [-0.2, 0) is 0 Å². The summed E-state index contributed by atoms with van der Waals surface area (Å²) in [5.41, 5.74) is -0.141. The molecular formula is C21H26N2O3. The minimum Gasteiger partial charge on any atom is -0.443 e. The summed E-state index contributed by atoms with van der Waals surface area (Å²) in [7, 11) is 0. The van der Waals surface area contributed by atoms with Gasteiger partial charge < -0.3 is 14.8 Å². The number of carbonyl (C=O) groups is 1. The molecular weight excluding hydrogens is 328 g/mol. The number of furan rings is 1. The van der Waals surface area contributed by atoms with Gasteiger partial charge in [-0.2, -0.15) is 0 Å². The topological polar surface area (TPSA) is 75.4 Å². The van der Waals surface area contributed by atoms with Crippen LogP contribution in [-0.4, -0.2) is 21.6 Å². The lowest BCUT2D eigenvalue weighted by Gasteiger charge is -2.26. The predicted octanol–water partition coefficient (Wildman–Crippen LogP) is 3.70. The molecule has 0 aliphatic rings. The minimum absolute atomic E-state index is 0.0281. The third-order valence-electron chi connectivity index (χ3n) is 3.53. The highest BCUT2D eigenvalue weighted by Gasteiger charge is 2.23. The Morgan fingerprint density at radius 2 is 2.00 bits per heavy atom. The van der Waals surface area contributed by atoms with Gasteiger partial charge in [0.05, 0.1) is 6.04 Å². The molecule has 0 spiro atoms. The first-order chi connectivity index (χ1) is 12.0. The fourth-order valence-corrected chi connectivity index (χ4v) is 2.42. The van der Waals surface area contributed by atoms with Crippen LogP contribution in [0.4, 0.5) is 0 Å². The smallest absolute Gasteiger partial charge is 0.287 e. The van der Waals surface area contributed by atoms with Crippen LogP contribution in [0.2, 0.25) is 0 Å². The van der Waals surface area contributed by atoms with Crippen molar-refractivity contribution in [3.63, 3.8) is 0 Å². The normalized spacial score (nSPS) is 12.8. The molecule has 1 unspecified atom stereocenters. The number of rotatable bonds is 4. The maximum absolute atomic E-state index is 12.6. The SMILES string of the molecule is CC(C)(O)C#Cc1ccc(C(=O)NC(CC(C)(C)C)c2cccnc2)o1. The van der Waals surface area contributed by atoms with Crippen LogP contribution in [0, 0.1) is 17.3 Å². The summed E-state index contributed by atoms with van der Waals surface area (Å²) in [6.07, 6.45) is 4.23.